The van der Waals surface area contributed by atoms with Crippen molar-refractivity contribution in [2.75, 3.05) is 24.2 Å². The molecule has 4 rings (SSSR count). The minimum Gasteiger partial charge on any atom is -0.325 e. The topological polar surface area (TPSA) is 63.1 Å². The van der Waals surface area contributed by atoms with Gasteiger partial charge in [-0.25, -0.2) is 0 Å². The molecule has 2 aromatic carbocycles. The monoisotopic (exact) mass is 449 g/mol. The number of benzene rings is 2. The van der Waals surface area contributed by atoms with E-state index in [1.54, 1.807) is 0 Å². The van der Waals surface area contributed by atoms with Gasteiger partial charge in [0.15, 0.2) is 5.16 Å². The Labute approximate surface area is 194 Å². The number of nitrogens with zero attached hydrogens (tertiary/aromatic N) is 4. The molecule has 2 heterocycles. The quantitative estimate of drug-likeness (QED) is 0.477. The maximum absolute atomic E-state index is 12.7. The number of aromatic nitrogens is 3. The Hall–Kier alpha value is -2.64. The number of hydrogen-bond acceptors (Lipinski definition) is 5. The molecule has 0 bridgehead atoms. The summed E-state index contributed by atoms with van der Waals surface area (Å²) < 4.78 is 2.16. The van der Waals surface area contributed by atoms with Crippen molar-refractivity contribution in [1.29, 1.82) is 0 Å². The third-order valence-electron chi connectivity index (χ3n) is 5.73. The molecular formula is C25H31N5OS. The smallest absolute Gasteiger partial charge is 0.234 e. The number of carbonyl (C=O) groups excluding carboxylic acids is 1. The van der Waals surface area contributed by atoms with Crippen LogP contribution in [0.5, 0.6) is 0 Å². The summed E-state index contributed by atoms with van der Waals surface area (Å²) in [6.45, 7) is 7.99. The Morgan fingerprint density at radius 2 is 1.72 bits per heavy atom. The van der Waals surface area contributed by atoms with E-state index in [-0.39, 0.29) is 5.91 Å². The second-order valence-electron chi connectivity index (χ2n) is 8.53. The number of hydrogen-bond donors (Lipinski definition) is 1. The minimum atomic E-state index is -0.0292. The largest absolute Gasteiger partial charge is 0.325 e. The Kier molecular flexibility index (Phi) is 7.60. The van der Waals surface area contributed by atoms with Crippen LogP contribution in [0.25, 0.3) is 0 Å². The molecule has 1 aliphatic heterocycles. The molecule has 0 spiro atoms. The highest BCUT2D eigenvalue weighted by atomic mass is 32.2. The molecule has 1 aliphatic rings. The van der Waals surface area contributed by atoms with Gasteiger partial charge in [0.05, 0.1) is 18.8 Å². The van der Waals surface area contributed by atoms with Crippen molar-refractivity contribution < 1.29 is 4.79 Å². The molecule has 1 amide bonds. The van der Waals surface area contributed by atoms with Gasteiger partial charge in [-0.05, 0) is 49.0 Å². The van der Waals surface area contributed by atoms with Crippen LogP contribution in [0, 0.1) is 0 Å². The maximum atomic E-state index is 12.7. The summed E-state index contributed by atoms with van der Waals surface area (Å²) in [5.74, 6) is 1.58. The molecular weight excluding hydrogens is 418 g/mol. The van der Waals surface area contributed by atoms with Crippen LogP contribution < -0.4 is 5.32 Å². The summed E-state index contributed by atoms with van der Waals surface area (Å²) in [5.41, 5.74) is 3.23. The highest BCUT2D eigenvalue weighted by Crippen LogP contribution is 2.25. The number of amides is 1. The molecule has 168 valence electrons. The van der Waals surface area contributed by atoms with Gasteiger partial charge in [0, 0.05) is 5.69 Å². The normalized spacial score (nSPS) is 14.2. The Bertz CT molecular complexity index is 1030. The van der Waals surface area contributed by atoms with E-state index in [1.807, 2.05) is 36.4 Å². The van der Waals surface area contributed by atoms with Crippen LogP contribution >= 0.6 is 11.8 Å². The predicted octanol–water partition coefficient (Wildman–Crippen LogP) is 4.78. The van der Waals surface area contributed by atoms with E-state index in [4.69, 9.17) is 0 Å². The zero-order valence-electron chi connectivity index (χ0n) is 18.8. The van der Waals surface area contributed by atoms with Crippen molar-refractivity contribution in [3.8, 4) is 0 Å². The summed E-state index contributed by atoms with van der Waals surface area (Å²) >= 11 is 1.45. The van der Waals surface area contributed by atoms with Crippen molar-refractivity contribution in [3.05, 3.63) is 71.5 Å². The first-order valence-corrected chi connectivity index (χ1v) is 12.3. The van der Waals surface area contributed by atoms with E-state index in [0.717, 1.165) is 41.9 Å². The van der Waals surface area contributed by atoms with Gasteiger partial charge in [0.25, 0.3) is 0 Å². The van der Waals surface area contributed by atoms with E-state index in [1.165, 1.54) is 30.2 Å². The molecule has 0 unspecified atom stereocenters. The van der Waals surface area contributed by atoms with Crippen LogP contribution in [0.15, 0.2) is 59.8 Å². The Morgan fingerprint density at radius 1 is 1.00 bits per heavy atom. The van der Waals surface area contributed by atoms with Crippen LogP contribution in [-0.4, -0.2) is 44.4 Å². The third kappa shape index (κ3) is 5.78. The second kappa shape index (κ2) is 10.8. The molecule has 1 N–H and O–H groups in total. The summed E-state index contributed by atoms with van der Waals surface area (Å²) in [7, 11) is 0. The van der Waals surface area contributed by atoms with E-state index < -0.39 is 0 Å². The second-order valence-corrected chi connectivity index (χ2v) is 9.48. The molecule has 1 fully saturated rings. The summed E-state index contributed by atoms with van der Waals surface area (Å²) in [4.78, 5) is 15.1. The third-order valence-corrected chi connectivity index (χ3v) is 6.70. The molecule has 1 saturated heterocycles. The fraction of sp³-hybridized carbons (Fsp3) is 0.400. The van der Waals surface area contributed by atoms with Gasteiger partial charge in [-0.15, -0.1) is 10.2 Å². The highest BCUT2D eigenvalue weighted by molar-refractivity contribution is 7.99. The number of rotatable bonds is 9. The van der Waals surface area contributed by atoms with Crippen molar-refractivity contribution in [2.24, 2.45) is 0 Å². The molecule has 1 aromatic heterocycles. The molecule has 7 heteroatoms. The number of thioether (sulfide) groups is 1. The zero-order valence-corrected chi connectivity index (χ0v) is 19.6. The van der Waals surface area contributed by atoms with Gasteiger partial charge in [0.1, 0.15) is 5.82 Å². The van der Waals surface area contributed by atoms with E-state index in [9.17, 15) is 4.79 Å². The molecule has 3 aromatic rings. The number of para-hydroxylation sites is 1. The zero-order chi connectivity index (χ0) is 22.3. The first-order chi connectivity index (χ1) is 15.6. The Morgan fingerprint density at radius 3 is 2.47 bits per heavy atom. The van der Waals surface area contributed by atoms with Crippen molar-refractivity contribution in [3.63, 3.8) is 0 Å². The van der Waals surface area contributed by atoms with E-state index >= 15 is 0 Å². The summed E-state index contributed by atoms with van der Waals surface area (Å²) in [6, 6.07) is 18.3. The van der Waals surface area contributed by atoms with Gasteiger partial charge in [-0.2, -0.15) is 0 Å². The van der Waals surface area contributed by atoms with Crippen LogP contribution in [0.3, 0.4) is 0 Å². The standard InChI is InChI=1S/C25H31N5OS/c1-19(2)21-12-6-7-13-22(21)26-24(31)18-32-25-28-27-23(17-29-14-8-9-15-29)30(25)16-20-10-4-3-5-11-20/h3-7,10-13,19H,8-9,14-18H2,1-2H3,(H,26,31). The molecule has 0 atom stereocenters. The van der Waals surface area contributed by atoms with E-state index in [2.05, 4.69) is 57.0 Å². The molecule has 0 aliphatic carbocycles. The molecule has 0 radical (unpaired) electrons. The van der Waals surface area contributed by atoms with Crippen LogP contribution in [0.2, 0.25) is 0 Å². The summed E-state index contributed by atoms with van der Waals surface area (Å²) in [5, 5.41) is 12.8. The maximum Gasteiger partial charge on any atom is 0.234 e. The molecule has 32 heavy (non-hydrogen) atoms. The lowest BCUT2D eigenvalue weighted by Crippen LogP contribution is -2.22. The van der Waals surface area contributed by atoms with Gasteiger partial charge in [0.2, 0.25) is 5.91 Å². The molecule has 6 nitrogen and oxygen atoms in total. The lowest BCUT2D eigenvalue weighted by Gasteiger charge is -2.16. The minimum absolute atomic E-state index is 0.0292. The lowest BCUT2D eigenvalue weighted by molar-refractivity contribution is -0.113. The van der Waals surface area contributed by atoms with Crippen LogP contribution in [0.1, 0.15) is 49.6 Å². The first-order valence-electron chi connectivity index (χ1n) is 11.3. The number of nitrogens with one attached hydrogen (secondary N) is 1. The highest BCUT2D eigenvalue weighted by Gasteiger charge is 2.19. The van der Waals surface area contributed by atoms with Gasteiger partial charge >= 0.3 is 0 Å². The average Bonchev–Trinajstić information content (AvgIpc) is 3.44. The Balaban J connectivity index is 1.46. The van der Waals surface area contributed by atoms with Crippen LogP contribution in [0.4, 0.5) is 5.69 Å². The van der Waals surface area contributed by atoms with Gasteiger partial charge in [-0.1, -0.05) is 74.1 Å². The fourth-order valence-electron chi connectivity index (χ4n) is 4.04. The average molecular weight is 450 g/mol. The van der Waals surface area contributed by atoms with E-state index in [0.29, 0.717) is 18.2 Å². The first kappa shape index (κ1) is 22.6. The number of likely N-dealkylation sites (tertiary alicyclic amines) is 1. The molecule has 0 saturated carbocycles. The number of carbonyl (C=O) groups is 1. The van der Waals surface area contributed by atoms with Crippen LogP contribution in [-0.2, 0) is 17.9 Å². The fourth-order valence-corrected chi connectivity index (χ4v) is 4.80. The van der Waals surface area contributed by atoms with Gasteiger partial charge in [-0.3, -0.25) is 9.69 Å². The van der Waals surface area contributed by atoms with Crippen molar-refractivity contribution in [2.45, 2.75) is 50.9 Å². The SMILES string of the molecule is CC(C)c1ccccc1NC(=O)CSc1nnc(CN2CCCC2)n1Cc1ccccc1. The van der Waals surface area contributed by atoms with Crippen molar-refractivity contribution in [1.82, 2.24) is 19.7 Å². The lowest BCUT2D eigenvalue weighted by atomic mass is 10.0. The van der Waals surface area contributed by atoms with Crippen molar-refractivity contribution >= 4 is 23.4 Å². The number of anilines is 1. The van der Waals surface area contributed by atoms with Gasteiger partial charge < -0.3 is 9.88 Å². The summed E-state index contributed by atoms with van der Waals surface area (Å²) in [6.07, 6.45) is 2.49. The predicted molar refractivity (Wildman–Crippen MR) is 130 cm³/mol.